The molecule has 3 heterocycles. The minimum Gasteiger partial charge on any atom is -0.390 e. The van der Waals surface area contributed by atoms with Gasteiger partial charge in [-0.15, -0.1) is 0 Å². The molecule has 0 saturated carbocycles. The van der Waals surface area contributed by atoms with Gasteiger partial charge in [-0.05, 0) is 77.1 Å². The van der Waals surface area contributed by atoms with Crippen molar-refractivity contribution in [2.75, 3.05) is 52.9 Å². The highest BCUT2D eigenvalue weighted by Crippen LogP contribution is 2.25. The van der Waals surface area contributed by atoms with Crippen LogP contribution in [0.15, 0.2) is 59.9 Å². The predicted octanol–water partition coefficient (Wildman–Crippen LogP) is 3.64. The van der Waals surface area contributed by atoms with Crippen LogP contribution in [0.25, 0.3) is 0 Å². The summed E-state index contributed by atoms with van der Waals surface area (Å²) in [5.74, 6) is -0.0104. The van der Waals surface area contributed by atoms with Crippen LogP contribution in [0.3, 0.4) is 0 Å². The summed E-state index contributed by atoms with van der Waals surface area (Å²) in [6.07, 6.45) is 19.5. The second kappa shape index (κ2) is 14.4. The van der Waals surface area contributed by atoms with Crippen LogP contribution >= 0.6 is 0 Å². The zero-order valence-electron chi connectivity index (χ0n) is 21.9. The van der Waals surface area contributed by atoms with Crippen molar-refractivity contribution in [2.45, 2.75) is 64.0 Å². The van der Waals surface area contributed by atoms with Crippen LogP contribution < -0.4 is 5.32 Å². The number of likely N-dealkylation sites (tertiary alicyclic amines) is 1. The molecule has 0 aliphatic carbocycles. The molecule has 6 heteroatoms. The van der Waals surface area contributed by atoms with E-state index in [1.54, 1.807) is 6.08 Å². The number of hydrogen-bond acceptors (Lipinski definition) is 5. The van der Waals surface area contributed by atoms with Gasteiger partial charge in [-0.25, -0.2) is 0 Å². The third kappa shape index (κ3) is 8.48. The van der Waals surface area contributed by atoms with Gasteiger partial charge in [0.25, 0.3) is 5.91 Å². The number of aliphatic hydroxyl groups is 1. The van der Waals surface area contributed by atoms with Gasteiger partial charge in [0.2, 0.25) is 0 Å². The Bertz CT molecular complexity index is 821. The van der Waals surface area contributed by atoms with Crippen molar-refractivity contribution in [3.05, 3.63) is 59.9 Å². The molecule has 1 amide bonds. The van der Waals surface area contributed by atoms with Gasteiger partial charge in [-0.1, -0.05) is 37.0 Å². The molecule has 1 saturated heterocycles. The summed E-state index contributed by atoms with van der Waals surface area (Å²) in [6, 6.07) is 0.601. The van der Waals surface area contributed by atoms with Crippen molar-refractivity contribution in [3.63, 3.8) is 0 Å². The summed E-state index contributed by atoms with van der Waals surface area (Å²) in [5.41, 5.74) is 2.97. The number of nitrogens with one attached hydrogen (secondary N) is 1. The van der Waals surface area contributed by atoms with E-state index in [0.29, 0.717) is 31.2 Å². The molecule has 0 bridgehead atoms. The number of rotatable bonds is 8. The summed E-state index contributed by atoms with van der Waals surface area (Å²) >= 11 is 0. The molecular weight excluding hydrogens is 436 g/mol. The van der Waals surface area contributed by atoms with Crippen LogP contribution in [0.5, 0.6) is 0 Å². The Balaban J connectivity index is 1.57. The van der Waals surface area contributed by atoms with Gasteiger partial charge in [0.15, 0.2) is 0 Å². The molecule has 0 aromatic rings. The lowest BCUT2D eigenvalue weighted by atomic mass is 9.97. The second-order valence-corrected chi connectivity index (χ2v) is 10.0. The molecule has 35 heavy (non-hydrogen) atoms. The minimum atomic E-state index is -0.554. The van der Waals surface area contributed by atoms with Gasteiger partial charge in [-0.2, -0.15) is 0 Å². The van der Waals surface area contributed by atoms with Crippen molar-refractivity contribution >= 4 is 5.91 Å². The first-order valence-electron chi connectivity index (χ1n) is 13.5. The average Bonchev–Trinajstić information content (AvgIpc) is 2.92. The molecule has 0 aromatic heterocycles. The highest BCUT2D eigenvalue weighted by molar-refractivity contribution is 5.98. The fourth-order valence-corrected chi connectivity index (χ4v) is 5.31. The standard InChI is InChI=1S/C29H46N4O2/c1-4-28-25(21-24(2)32-19-14-26(30-3)15-20-32)13-18-33(29(28)35)23-27(34)22-31-16-11-9-7-5-6-8-10-12-17-31/h4-5,7-8,10,21,26-27,30,34H,1,6,9,11-20,22-23H2,2-3H3/b7-5-,10-8-,24-21+. The van der Waals surface area contributed by atoms with E-state index in [9.17, 15) is 9.90 Å². The maximum atomic E-state index is 13.3. The van der Waals surface area contributed by atoms with Crippen LogP contribution in [-0.4, -0.2) is 90.7 Å². The Morgan fingerprint density at radius 1 is 1.11 bits per heavy atom. The molecule has 1 atom stereocenters. The zero-order chi connectivity index (χ0) is 25.0. The number of allylic oxidation sites excluding steroid dienone is 5. The number of β-amino-alcohol motifs (C(OH)–C–C–N with tert-alkyl or cyclic N) is 1. The van der Waals surface area contributed by atoms with E-state index in [4.69, 9.17) is 0 Å². The van der Waals surface area contributed by atoms with Gasteiger partial charge in [0, 0.05) is 56.6 Å². The number of hydrogen-bond donors (Lipinski definition) is 2. The zero-order valence-corrected chi connectivity index (χ0v) is 21.9. The molecule has 1 fully saturated rings. The van der Waals surface area contributed by atoms with Crippen molar-refractivity contribution in [3.8, 4) is 0 Å². The topological polar surface area (TPSA) is 59.0 Å². The molecule has 3 rings (SSSR count). The Morgan fingerprint density at radius 2 is 1.86 bits per heavy atom. The maximum Gasteiger partial charge on any atom is 0.254 e. The highest BCUT2D eigenvalue weighted by atomic mass is 16.3. The fourth-order valence-electron chi connectivity index (χ4n) is 5.31. The van der Waals surface area contributed by atoms with Gasteiger partial charge in [-0.3, -0.25) is 4.79 Å². The first kappa shape index (κ1) is 27.4. The Hall–Kier alpha value is -2.15. The smallest absolute Gasteiger partial charge is 0.254 e. The maximum absolute atomic E-state index is 13.3. The quantitative estimate of drug-likeness (QED) is 0.518. The average molecular weight is 483 g/mol. The SMILES string of the molecule is C=CC1=C(/C=C(\C)N2CCC(NC)CC2)CCN(CC(O)CN2CC/C=C\C/C=C\CCC2)C1=O. The van der Waals surface area contributed by atoms with Crippen LogP contribution in [0, 0.1) is 0 Å². The minimum absolute atomic E-state index is 0.0104. The van der Waals surface area contributed by atoms with Crippen LogP contribution in [0.1, 0.15) is 51.9 Å². The lowest BCUT2D eigenvalue weighted by Gasteiger charge is -2.35. The Morgan fingerprint density at radius 3 is 2.57 bits per heavy atom. The molecule has 1 unspecified atom stereocenters. The van der Waals surface area contributed by atoms with E-state index >= 15 is 0 Å². The first-order chi connectivity index (χ1) is 17.0. The Labute approximate surface area is 212 Å². The highest BCUT2D eigenvalue weighted by Gasteiger charge is 2.27. The molecule has 0 aromatic carbocycles. The van der Waals surface area contributed by atoms with Gasteiger partial charge < -0.3 is 25.1 Å². The number of amides is 1. The summed E-state index contributed by atoms with van der Waals surface area (Å²) < 4.78 is 0. The van der Waals surface area contributed by atoms with Crippen LogP contribution in [-0.2, 0) is 4.79 Å². The molecule has 0 radical (unpaired) electrons. The summed E-state index contributed by atoms with van der Waals surface area (Å²) in [7, 11) is 2.04. The van der Waals surface area contributed by atoms with E-state index in [1.807, 2.05) is 11.9 Å². The molecule has 3 aliphatic rings. The molecular formula is C29H46N4O2. The Kier molecular flexibility index (Phi) is 11.3. The summed E-state index contributed by atoms with van der Waals surface area (Å²) in [5, 5.41) is 14.2. The van der Waals surface area contributed by atoms with E-state index in [0.717, 1.165) is 76.7 Å². The number of carbonyl (C=O) groups excluding carboxylic acids is 1. The third-order valence-corrected chi connectivity index (χ3v) is 7.47. The van der Waals surface area contributed by atoms with Gasteiger partial charge in [0.05, 0.1) is 6.10 Å². The summed E-state index contributed by atoms with van der Waals surface area (Å²) in [6.45, 7) is 11.7. The molecule has 3 aliphatic heterocycles. The van der Waals surface area contributed by atoms with E-state index < -0.39 is 6.10 Å². The number of nitrogens with zero attached hydrogens (tertiary/aromatic N) is 3. The second-order valence-electron chi connectivity index (χ2n) is 10.0. The largest absolute Gasteiger partial charge is 0.390 e. The third-order valence-electron chi connectivity index (χ3n) is 7.47. The normalized spacial score (nSPS) is 24.8. The molecule has 194 valence electrons. The lowest BCUT2D eigenvalue weighted by molar-refractivity contribution is -0.129. The van der Waals surface area contributed by atoms with Gasteiger partial charge in [0.1, 0.15) is 0 Å². The fraction of sp³-hybridized carbons (Fsp3) is 0.621. The number of carbonyl (C=O) groups is 1. The van der Waals surface area contributed by atoms with Crippen molar-refractivity contribution in [1.29, 1.82) is 0 Å². The van der Waals surface area contributed by atoms with Crippen LogP contribution in [0.4, 0.5) is 0 Å². The van der Waals surface area contributed by atoms with Crippen molar-refractivity contribution in [2.24, 2.45) is 0 Å². The number of piperidine rings is 1. The van der Waals surface area contributed by atoms with Crippen LogP contribution in [0.2, 0.25) is 0 Å². The van der Waals surface area contributed by atoms with E-state index in [-0.39, 0.29) is 5.91 Å². The van der Waals surface area contributed by atoms with Crippen molar-refractivity contribution < 1.29 is 9.90 Å². The molecule has 0 spiro atoms. The lowest BCUT2D eigenvalue weighted by Crippen LogP contribution is -2.45. The van der Waals surface area contributed by atoms with Gasteiger partial charge >= 0.3 is 0 Å². The van der Waals surface area contributed by atoms with E-state index in [1.165, 1.54) is 5.70 Å². The molecule has 2 N–H and O–H groups in total. The number of aliphatic hydroxyl groups excluding tert-OH is 1. The first-order valence-corrected chi connectivity index (χ1v) is 13.5. The molecule has 6 nitrogen and oxygen atoms in total. The monoisotopic (exact) mass is 482 g/mol. The van der Waals surface area contributed by atoms with E-state index in [2.05, 4.69) is 59.0 Å². The predicted molar refractivity (Wildman–Crippen MR) is 145 cm³/mol. The summed E-state index contributed by atoms with van der Waals surface area (Å²) in [4.78, 5) is 19.8. The van der Waals surface area contributed by atoms with Crippen molar-refractivity contribution in [1.82, 2.24) is 20.0 Å².